The number of rotatable bonds is 5. The van der Waals surface area contributed by atoms with E-state index in [0.29, 0.717) is 43.2 Å². The lowest BCUT2D eigenvalue weighted by Gasteiger charge is -2.42. The molecule has 1 fully saturated rings. The minimum absolute atomic E-state index is 0.0253. The maximum atomic E-state index is 13.0. The normalized spacial score (nSPS) is 19.2. The van der Waals surface area contributed by atoms with Crippen molar-refractivity contribution in [2.75, 3.05) is 54.6 Å². The highest BCUT2D eigenvalue weighted by atomic mass is 32.2. The molecule has 4 rings (SSSR count). The molecule has 1 aromatic carbocycles. The molecule has 0 spiro atoms. The number of hydrogen-bond acceptors (Lipinski definition) is 7. The van der Waals surface area contributed by atoms with Crippen LogP contribution in [0.4, 0.5) is 22.9 Å². The van der Waals surface area contributed by atoms with Crippen molar-refractivity contribution in [3.05, 3.63) is 42.1 Å². The number of carbonyl (C=O) groups excluding carboxylic acids is 2. The minimum atomic E-state index is -3.25. The number of sulfonamides is 1. The topological polar surface area (TPSA) is 106 Å². The molecule has 0 bridgehead atoms. The summed E-state index contributed by atoms with van der Waals surface area (Å²) in [5.41, 5.74) is 2.90. The number of pyridine rings is 1. The molecule has 2 aliphatic rings. The lowest BCUT2D eigenvalue weighted by atomic mass is 10.1. The highest BCUT2D eigenvalue weighted by Crippen LogP contribution is 2.38. The smallest absolute Gasteiger partial charge is 0.254 e. The highest BCUT2D eigenvalue weighted by molar-refractivity contribution is 7.88. The van der Waals surface area contributed by atoms with Gasteiger partial charge in [-0.25, -0.2) is 13.4 Å². The Hall–Kier alpha value is -3.18. The molecule has 188 valence electrons. The summed E-state index contributed by atoms with van der Waals surface area (Å²) in [6, 6.07) is 8.94. The summed E-state index contributed by atoms with van der Waals surface area (Å²) in [6.45, 7) is 7.30. The van der Waals surface area contributed by atoms with Crippen LogP contribution >= 0.6 is 0 Å². The molecule has 3 heterocycles. The quantitative estimate of drug-likeness (QED) is 0.670. The number of hydrogen-bond donors (Lipinski definition) is 1. The van der Waals surface area contributed by atoms with Crippen molar-refractivity contribution in [1.29, 1.82) is 0 Å². The molecule has 2 aliphatic heterocycles. The van der Waals surface area contributed by atoms with Crippen molar-refractivity contribution in [3.8, 4) is 0 Å². The number of nitrogens with one attached hydrogen (secondary N) is 1. The molecule has 35 heavy (non-hydrogen) atoms. The number of fused-ring (bicyclic) bond motifs is 1. The molecule has 1 N–H and O–H groups in total. The molecule has 2 amide bonds. The lowest BCUT2D eigenvalue weighted by Crippen LogP contribution is -2.53. The van der Waals surface area contributed by atoms with Gasteiger partial charge in [0.15, 0.2) is 0 Å². The fraction of sp³-hybridized carbons (Fsp3) is 0.458. The molecule has 11 heteroatoms. The van der Waals surface area contributed by atoms with Crippen LogP contribution in [-0.2, 0) is 14.8 Å². The maximum Gasteiger partial charge on any atom is 0.254 e. The molecule has 10 nitrogen and oxygen atoms in total. The maximum absolute atomic E-state index is 13.0. The SMILES string of the molecule is CC(C)N1c2cc(Nc3cccc(C(=O)N4CCN(S(C)(=O)=O)CC4)c3)ncc2N(C)C(=O)C1C. The standard InChI is InChI=1S/C24H32N6O4S/c1-16(2)30-17(3)23(31)27(4)21-15-25-22(14-20(21)30)26-19-8-6-7-18(13-19)24(32)28-9-11-29(12-10-28)35(5,33)34/h6-8,13-17H,9-12H2,1-5H3,(H,25,26). The second-order valence-electron chi connectivity index (χ2n) is 9.29. The zero-order valence-corrected chi connectivity index (χ0v) is 21.5. The molecular formula is C24H32N6O4S. The number of aromatic nitrogens is 1. The van der Waals surface area contributed by atoms with Gasteiger partial charge in [-0.1, -0.05) is 6.07 Å². The number of anilines is 4. The van der Waals surface area contributed by atoms with Gasteiger partial charge in [0.1, 0.15) is 11.9 Å². The van der Waals surface area contributed by atoms with Crippen LogP contribution in [0.2, 0.25) is 0 Å². The van der Waals surface area contributed by atoms with E-state index in [-0.39, 0.29) is 23.9 Å². The van der Waals surface area contributed by atoms with Crippen molar-refractivity contribution >= 4 is 44.7 Å². The summed E-state index contributed by atoms with van der Waals surface area (Å²) in [5.74, 6) is 0.494. The van der Waals surface area contributed by atoms with E-state index in [0.717, 1.165) is 11.4 Å². The summed E-state index contributed by atoms with van der Waals surface area (Å²) in [5, 5.41) is 3.28. The van der Waals surface area contributed by atoms with Gasteiger partial charge in [0.25, 0.3) is 5.91 Å². The average Bonchev–Trinajstić information content (AvgIpc) is 2.82. The first-order valence-electron chi connectivity index (χ1n) is 11.6. The van der Waals surface area contributed by atoms with Gasteiger partial charge in [0, 0.05) is 56.6 Å². The summed E-state index contributed by atoms with van der Waals surface area (Å²) in [7, 11) is -1.49. The van der Waals surface area contributed by atoms with Crippen molar-refractivity contribution in [1.82, 2.24) is 14.2 Å². The third-order valence-electron chi connectivity index (χ3n) is 6.54. The zero-order valence-electron chi connectivity index (χ0n) is 20.7. The van der Waals surface area contributed by atoms with Gasteiger partial charge >= 0.3 is 0 Å². The second-order valence-corrected chi connectivity index (χ2v) is 11.3. The van der Waals surface area contributed by atoms with E-state index in [2.05, 4.69) is 29.0 Å². The van der Waals surface area contributed by atoms with Crippen LogP contribution in [0.15, 0.2) is 36.5 Å². The number of benzene rings is 1. The Morgan fingerprint density at radius 1 is 1.11 bits per heavy atom. The van der Waals surface area contributed by atoms with E-state index in [1.807, 2.05) is 19.1 Å². The first-order valence-corrected chi connectivity index (χ1v) is 13.5. The molecule has 1 atom stereocenters. The molecule has 1 unspecified atom stereocenters. The van der Waals surface area contributed by atoms with Crippen LogP contribution in [0.1, 0.15) is 31.1 Å². The summed E-state index contributed by atoms with van der Waals surface area (Å²) in [4.78, 5) is 35.6. The minimum Gasteiger partial charge on any atom is -0.355 e. The number of carbonyl (C=O) groups is 2. The third-order valence-corrected chi connectivity index (χ3v) is 7.84. The highest BCUT2D eigenvalue weighted by Gasteiger charge is 2.35. The Kier molecular flexibility index (Phi) is 6.74. The Balaban J connectivity index is 1.53. The van der Waals surface area contributed by atoms with Gasteiger partial charge in [0.2, 0.25) is 15.9 Å². The molecule has 0 aliphatic carbocycles. The summed E-state index contributed by atoms with van der Waals surface area (Å²) in [6.07, 6.45) is 2.87. The lowest BCUT2D eigenvalue weighted by molar-refractivity contribution is -0.119. The van der Waals surface area contributed by atoms with E-state index >= 15 is 0 Å². The summed E-state index contributed by atoms with van der Waals surface area (Å²) >= 11 is 0. The molecule has 0 saturated carbocycles. The fourth-order valence-electron chi connectivity index (χ4n) is 4.71. The average molecular weight is 501 g/mol. The number of nitrogens with zero attached hydrogens (tertiary/aromatic N) is 5. The predicted molar refractivity (Wildman–Crippen MR) is 137 cm³/mol. The molecule has 0 radical (unpaired) electrons. The van der Waals surface area contributed by atoms with E-state index in [1.54, 1.807) is 41.2 Å². The van der Waals surface area contributed by atoms with Crippen molar-refractivity contribution in [3.63, 3.8) is 0 Å². The zero-order chi connectivity index (χ0) is 25.5. The molecule has 1 saturated heterocycles. The predicted octanol–water partition coefficient (Wildman–Crippen LogP) is 2.12. The Morgan fingerprint density at radius 3 is 2.43 bits per heavy atom. The van der Waals surface area contributed by atoms with Crippen LogP contribution in [-0.4, -0.2) is 86.0 Å². The van der Waals surface area contributed by atoms with Crippen LogP contribution in [0.5, 0.6) is 0 Å². The van der Waals surface area contributed by atoms with Crippen molar-refractivity contribution < 1.29 is 18.0 Å². The van der Waals surface area contributed by atoms with Gasteiger partial charge in [-0.2, -0.15) is 4.31 Å². The summed E-state index contributed by atoms with van der Waals surface area (Å²) < 4.78 is 24.9. The van der Waals surface area contributed by atoms with Gasteiger partial charge < -0.3 is 20.0 Å². The Morgan fingerprint density at radius 2 is 1.80 bits per heavy atom. The van der Waals surface area contributed by atoms with Crippen LogP contribution in [0.25, 0.3) is 0 Å². The second kappa shape index (κ2) is 9.46. The van der Waals surface area contributed by atoms with Crippen LogP contribution in [0.3, 0.4) is 0 Å². The molecule has 1 aromatic heterocycles. The van der Waals surface area contributed by atoms with E-state index in [4.69, 9.17) is 0 Å². The van der Waals surface area contributed by atoms with Crippen molar-refractivity contribution in [2.45, 2.75) is 32.9 Å². The van der Waals surface area contributed by atoms with Gasteiger partial charge in [-0.3, -0.25) is 9.59 Å². The third kappa shape index (κ3) is 4.96. The molecule has 2 aromatic rings. The Labute approximate surface area is 206 Å². The first kappa shape index (κ1) is 24.9. The van der Waals surface area contributed by atoms with Gasteiger partial charge in [-0.15, -0.1) is 0 Å². The van der Waals surface area contributed by atoms with Gasteiger partial charge in [0.05, 0.1) is 23.8 Å². The largest absolute Gasteiger partial charge is 0.355 e. The Bertz CT molecular complexity index is 1240. The van der Waals surface area contributed by atoms with Crippen molar-refractivity contribution in [2.24, 2.45) is 0 Å². The first-order chi connectivity index (χ1) is 16.5. The number of likely N-dealkylation sites (N-methyl/N-ethyl adjacent to an activating group) is 1. The van der Waals surface area contributed by atoms with Crippen LogP contribution in [0, 0.1) is 0 Å². The van der Waals surface area contributed by atoms with Gasteiger partial charge in [-0.05, 0) is 39.0 Å². The van der Waals surface area contributed by atoms with E-state index in [9.17, 15) is 18.0 Å². The number of piperazine rings is 1. The fourth-order valence-corrected chi connectivity index (χ4v) is 5.53. The molecular weight excluding hydrogens is 468 g/mol. The van der Waals surface area contributed by atoms with Crippen LogP contribution < -0.4 is 15.1 Å². The van der Waals surface area contributed by atoms with E-state index in [1.165, 1.54) is 10.6 Å². The monoisotopic (exact) mass is 500 g/mol. The van der Waals surface area contributed by atoms with E-state index < -0.39 is 10.0 Å². The number of amides is 2.